The van der Waals surface area contributed by atoms with Crippen molar-refractivity contribution in [3.05, 3.63) is 35.4 Å². The molecule has 0 radical (unpaired) electrons. The van der Waals surface area contributed by atoms with Crippen LogP contribution in [-0.4, -0.2) is 47.5 Å². The van der Waals surface area contributed by atoms with Crippen molar-refractivity contribution in [2.45, 2.75) is 36.9 Å². The van der Waals surface area contributed by atoms with Gasteiger partial charge in [-0.1, -0.05) is 18.2 Å². The Hall–Kier alpha value is -1.52. The normalized spacial score (nSPS) is 41.7. The average Bonchev–Trinajstić information content (AvgIpc) is 2.87. The number of aromatic hydroxyl groups is 1. The van der Waals surface area contributed by atoms with Gasteiger partial charge in [0.2, 0.25) is 0 Å². The van der Waals surface area contributed by atoms with E-state index in [0.29, 0.717) is 5.75 Å². The van der Waals surface area contributed by atoms with Crippen LogP contribution in [0.5, 0.6) is 11.5 Å². The smallest absolute Gasteiger partial charge is 0.165 e. The standard InChI is InChI=1S/C18H21NO3/c1-19-9-8-18-14-11-2-3-12(20)15(14)22-16(18)13(21)5-7-17(18,10-19)6-4-11/h2-3,5,7,13,16,20-21H,4,6,8-10H2,1H3/t13-,16-,17?,18?/m0/s1. The van der Waals surface area contributed by atoms with Gasteiger partial charge < -0.3 is 19.8 Å². The van der Waals surface area contributed by atoms with Crippen LogP contribution in [0.3, 0.4) is 0 Å². The summed E-state index contributed by atoms with van der Waals surface area (Å²) in [6.45, 7) is 1.99. The number of hydrogen-bond donors (Lipinski definition) is 2. The fourth-order valence-electron chi connectivity index (χ4n) is 5.61. The van der Waals surface area contributed by atoms with Gasteiger partial charge in [-0.05, 0) is 44.5 Å². The maximum Gasteiger partial charge on any atom is 0.165 e. The molecule has 2 aliphatic heterocycles. The van der Waals surface area contributed by atoms with Crippen LogP contribution in [-0.2, 0) is 11.8 Å². The summed E-state index contributed by atoms with van der Waals surface area (Å²) in [7, 11) is 2.17. The topological polar surface area (TPSA) is 52.9 Å². The number of nitrogens with zero attached hydrogens (tertiary/aromatic N) is 1. The zero-order valence-electron chi connectivity index (χ0n) is 12.7. The molecule has 1 aromatic carbocycles. The van der Waals surface area contributed by atoms with E-state index >= 15 is 0 Å². The molecule has 22 heavy (non-hydrogen) atoms. The van der Waals surface area contributed by atoms with E-state index in [1.807, 2.05) is 12.1 Å². The lowest BCUT2D eigenvalue weighted by atomic mass is 9.47. The summed E-state index contributed by atoms with van der Waals surface area (Å²) in [6.07, 6.45) is 6.35. The highest BCUT2D eigenvalue weighted by atomic mass is 16.5. The summed E-state index contributed by atoms with van der Waals surface area (Å²) in [5.41, 5.74) is 2.30. The first kappa shape index (κ1) is 13.0. The molecule has 2 heterocycles. The second-order valence-corrected chi connectivity index (χ2v) is 7.45. The van der Waals surface area contributed by atoms with Crippen LogP contribution in [0.15, 0.2) is 24.3 Å². The average molecular weight is 299 g/mol. The number of ether oxygens (including phenoxy) is 1. The Kier molecular flexibility index (Phi) is 2.28. The molecule has 5 rings (SSSR count). The van der Waals surface area contributed by atoms with Crippen molar-refractivity contribution >= 4 is 0 Å². The van der Waals surface area contributed by atoms with Gasteiger partial charge in [-0.25, -0.2) is 0 Å². The summed E-state index contributed by atoms with van der Waals surface area (Å²) < 4.78 is 6.17. The number of aliphatic hydroxyl groups excluding tert-OH is 1. The van der Waals surface area contributed by atoms with Gasteiger partial charge in [0, 0.05) is 17.5 Å². The van der Waals surface area contributed by atoms with Gasteiger partial charge in [-0.3, -0.25) is 0 Å². The maximum absolute atomic E-state index is 10.6. The minimum Gasteiger partial charge on any atom is -0.504 e. The first-order chi connectivity index (χ1) is 10.6. The van der Waals surface area contributed by atoms with Crippen molar-refractivity contribution in [3.63, 3.8) is 0 Å². The molecule has 0 amide bonds. The third-order valence-corrected chi connectivity index (χ3v) is 6.49. The summed E-state index contributed by atoms with van der Waals surface area (Å²) in [5, 5.41) is 20.9. The number of rotatable bonds is 0. The SMILES string of the molecule is CN1CCC23c4c5ccc(O)c4O[C@H]2[C@@H](O)C=CC3(CC5)C1. The Morgan fingerprint density at radius 2 is 2.18 bits per heavy atom. The lowest BCUT2D eigenvalue weighted by molar-refractivity contribution is -0.0695. The summed E-state index contributed by atoms with van der Waals surface area (Å²) in [4.78, 5) is 2.39. The van der Waals surface area contributed by atoms with Crippen LogP contribution in [0.2, 0.25) is 0 Å². The van der Waals surface area contributed by atoms with Gasteiger partial charge in [0.1, 0.15) is 12.2 Å². The number of likely N-dealkylation sites (tertiary alicyclic amines) is 1. The van der Waals surface area contributed by atoms with Gasteiger partial charge in [-0.2, -0.15) is 0 Å². The Labute approximate surface area is 130 Å². The van der Waals surface area contributed by atoms with E-state index in [-0.39, 0.29) is 22.7 Å². The van der Waals surface area contributed by atoms with Gasteiger partial charge >= 0.3 is 0 Å². The molecule has 2 aliphatic carbocycles. The highest BCUT2D eigenvalue weighted by molar-refractivity contribution is 5.62. The van der Waals surface area contributed by atoms with Crippen molar-refractivity contribution in [3.8, 4) is 11.5 Å². The van der Waals surface area contributed by atoms with Crippen molar-refractivity contribution in [2.24, 2.45) is 5.41 Å². The fourth-order valence-corrected chi connectivity index (χ4v) is 5.61. The van der Waals surface area contributed by atoms with Crippen LogP contribution in [0.1, 0.15) is 24.0 Å². The minimum atomic E-state index is -0.603. The van der Waals surface area contributed by atoms with E-state index in [2.05, 4.69) is 18.0 Å². The highest BCUT2D eigenvalue weighted by Crippen LogP contribution is 2.66. The molecule has 0 bridgehead atoms. The molecule has 1 aromatic rings. The number of phenols is 1. The molecular weight excluding hydrogens is 278 g/mol. The number of phenolic OH excluding ortho intramolecular Hbond substituents is 1. The van der Waals surface area contributed by atoms with E-state index in [1.165, 1.54) is 11.1 Å². The van der Waals surface area contributed by atoms with Gasteiger partial charge in [0.05, 0.1) is 5.41 Å². The maximum atomic E-state index is 10.6. The van der Waals surface area contributed by atoms with E-state index in [0.717, 1.165) is 32.4 Å². The van der Waals surface area contributed by atoms with Crippen LogP contribution in [0.4, 0.5) is 0 Å². The minimum absolute atomic E-state index is 0.00986. The summed E-state index contributed by atoms with van der Waals surface area (Å²) >= 11 is 0. The first-order valence-corrected chi connectivity index (χ1v) is 8.15. The Morgan fingerprint density at radius 3 is 3.05 bits per heavy atom. The quantitative estimate of drug-likeness (QED) is 0.714. The van der Waals surface area contributed by atoms with Crippen LogP contribution >= 0.6 is 0 Å². The largest absolute Gasteiger partial charge is 0.504 e. The number of aliphatic hydroxyl groups is 1. The zero-order chi connectivity index (χ0) is 15.1. The van der Waals surface area contributed by atoms with Crippen molar-refractivity contribution in [1.82, 2.24) is 4.90 Å². The van der Waals surface area contributed by atoms with Gasteiger partial charge in [-0.15, -0.1) is 0 Å². The van der Waals surface area contributed by atoms with Gasteiger partial charge in [0.25, 0.3) is 0 Å². The number of benzene rings is 1. The molecule has 2 N–H and O–H groups in total. The third kappa shape index (κ3) is 1.24. The molecule has 1 saturated heterocycles. The molecule has 4 heteroatoms. The van der Waals surface area contributed by atoms with Crippen molar-refractivity contribution < 1.29 is 14.9 Å². The van der Waals surface area contributed by atoms with Gasteiger partial charge in [0.15, 0.2) is 11.5 Å². The number of hydrogen-bond acceptors (Lipinski definition) is 4. The van der Waals surface area contributed by atoms with Crippen LogP contribution in [0, 0.1) is 5.41 Å². The lowest BCUT2D eigenvalue weighted by Crippen LogP contribution is -2.66. The molecule has 1 fully saturated rings. The number of aryl methyl sites for hydroxylation is 1. The van der Waals surface area contributed by atoms with Crippen LogP contribution < -0.4 is 4.74 Å². The molecule has 4 nitrogen and oxygen atoms in total. The Balaban J connectivity index is 1.84. The van der Waals surface area contributed by atoms with Crippen molar-refractivity contribution in [1.29, 1.82) is 0 Å². The van der Waals surface area contributed by atoms with E-state index in [1.54, 1.807) is 6.07 Å². The Morgan fingerprint density at radius 1 is 1.32 bits per heavy atom. The lowest BCUT2D eigenvalue weighted by Gasteiger charge is -2.59. The number of piperidine rings is 1. The summed E-state index contributed by atoms with van der Waals surface area (Å²) in [6, 6.07) is 3.78. The molecule has 2 unspecified atom stereocenters. The third-order valence-electron chi connectivity index (χ3n) is 6.49. The predicted molar refractivity (Wildman–Crippen MR) is 82.2 cm³/mol. The zero-order valence-corrected chi connectivity index (χ0v) is 12.7. The molecule has 0 aromatic heterocycles. The molecule has 1 spiro atoms. The molecular formula is C18H21NO3. The van der Waals surface area contributed by atoms with E-state index in [4.69, 9.17) is 4.74 Å². The highest BCUT2D eigenvalue weighted by Gasteiger charge is 2.67. The van der Waals surface area contributed by atoms with E-state index in [9.17, 15) is 10.2 Å². The fraction of sp³-hybridized carbons (Fsp3) is 0.556. The monoisotopic (exact) mass is 299 g/mol. The summed E-state index contributed by atoms with van der Waals surface area (Å²) in [5.74, 6) is 0.836. The molecule has 116 valence electrons. The molecule has 4 atom stereocenters. The molecule has 4 aliphatic rings. The van der Waals surface area contributed by atoms with Crippen molar-refractivity contribution in [2.75, 3.05) is 20.1 Å². The van der Waals surface area contributed by atoms with Crippen LogP contribution in [0.25, 0.3) is 0 Å². The second-order valence-electron chi connectivity index (χ2n) is 7.45. The Bertz CT molecular complexity index is 700. The molecule has 0 saturated carbocycles. The van der Waals surface area contributed by atoms with E-state index < -0.39 is 6.10 Å². The second kappa shape index (κ2) is 3.87. The first-order valence-electron chi connectivity index (χ1n) is 8.15. The predicted octanol–water partition coefficient (Wildman–Crippen LogP) is 1.59.